The van der Waals surface area contributed by atoms with Crippen LogP contribution < -0.4 is 10.2 Å². The van der Waals surface area contributed by atoms with Crippen LogP contribution in [0.15, 0.2) is 12.3 Å². The molecule has 1 saturated carbocycles. The van der Waals surface area contributed by atoms with E-state index in [9.17, 15) is 4.39 Å². The first kappa shape index (κ1) is 14.3. The molecule has 0 spiro atoms. The zero-order chi connectivity index (χ0) is 14.0. The third kappa shape index (κ3) is 4.46. The number of nitrogens with zero attached hydrogens (tertiary/aromatic N) is 2. The SMILES string of the molecule is CN(CC(C)(C)C)c1ncc(F)cc1CNC1CC1. The van der Waals surface area contributed by atoms with Gasteiger partial charge in [-0.3, -0.25) is 0 Å². The number of halogens is 1. The molecule has 1 aliphatic rings. The Bertz CT molecular complexity index is 436. The third-order valence-corrected chi connectivity index (χ3v) is 3.14. The van der Waals surface area contributed by atoms with Crippen molar-refractivity contribution in [1.82, 2.24) is 10.3 Å². The fourth-order valence-electron chi connectivity index (χ4n) is 2.28. The predicted octanol–water partition coefficient (Wildman–Crippen LogP) is 2.96. The number of rotatable bonds is 5. The van der Waals surface area contributed by atoms with Gasteiger partial charge >= 0.3 is 0 Å². The summed E-state index contributed by atoms with van der Waals surface area (Å²) in [5.41, 5.74) is 1.13. The zero-order valence-electron chi connectivity index (χ0n) is 12.3. The minimum Gasteiger partial charge on any atom is -0.359 e. The van der Waals surface area contributed by atoms with Gasteiger partial charge in [0.25, 0.3) is 0 Å². The molecule has 1 N–H and O–H groups in total. The van der Waals surface area contributed by atoms with Crippen LogP contribution in [0.25, 0.3) is 0 Å². The van der Waals surface area contributed by atoms with Gasteiger partial charge in [-0.2, -0.15) is 0 Å². The summed E-state index contributed by atoms with van der Waals surface area (Å²) in [5, 5.41) is 3.42. The summed E-state index contributed by atoms with van der Waals surface area (Å²) < 4.78 is 13.4. The van der Waals surface area contributed by atoms with Crippen LogP contribution in [0.1, 0.15) is 39.2 Å². The quantitative estimate of drug-likeness (QED) is 0.887. The maximum Gasteiger partial charge on any atom is 0.141 e. The molecule has 1 heterocycles. The number of pyridine rings is 1. The van der Waals surface area contributed by atoms with Gasteiger partial charge in [0.2, 0.25) is 0 Å². The predicted molar refractivity (Wildman–Crippen MR) is 76.8 cm³/mol. The second-order valence-corrected chi connectivity index (χ2v) is 6.71. The van der Waals surface area contributed by atoms with E-state index in [2.05, 4.69) is 36.0 Å². The Morgan fingerprint density at radius 2 is 2.11 bits per heavy atom. The molecule has 3 nitrogen and oxygen atoms in total. The zero-order valence-corrected chi connectivity index (χ0v) is 12.3. The molecule has 2 rings (SSSR count). The van der Waals surface area contributed by atoms with Gasteiger partial charge in [-0.15, -0.1) is 0 Å². The van der Waals surface area contributed by atoms with Crippen molar-refractivity contribution in [2.45, 2.75) is 46.2 Å². The molecule has 0 radical (unpaired) electrons. The summed E-state index contributed by atoms with van der Waals surface area (Å²) in [4.78, 5) is 6.39. The van der Waals surface area contributed by atoms with E-state index in [4.69, 9.17) is 0 Å². The van der Waals surface area contributed by atoms with Gasteiger partial charge in [-0.1, -0.05) is 20.8 Å². The first-order chi connectivity index (χ1) is 8.85. The van der Waals surface area contributed by atoms with E-state index in [1.54, 1.807) is 6.07 Å². The molecule has 0 aliphatic heterocycles. The number of aromatic nitrogens is 1. The molecule has 1 aromatic rings. The van der Waals surface area contributed by atoms with Crippen molar-refractivity contribution in [3.63, 3.8) is 0 Å². The van der Waals surface area contributed by atoms with Crippen molar-refractivity contribution in [3.05, 3.63) is 23.6 Å². The standard InChI is InChI=1S/C15H24FN3/c1-15(2,3)10-19(4)14-11(7-12(16)9-18-14)8-17-13-5-6-13/h7,9,13,17H,5-6,8,10H2,1-4H3. The molecule has 1 aromatic heterocycles. The fourth-order valence-corrected chi connectivity index (χ4v) is 2.28. The van der Waals surface area contributed by atoms with Crippen LogP contribution in [-0.2, 0) is 6.54 Å². The van der Waals surface area contributed by atoms with Gasteiger partial charge in [-0.25, -0.2) is 9.37 Å². The lowest BCUT2D eigenvalue weighted by Crippen LogP contribution is -2.31. The smallest absolute Gasteiger partial charge is 0.141 e. The molecule has 1 aliphatic carbocycles. The van der Waals surface area contributed by atoms with Crippen molar-refractivity contribution < 1.29 is 4.39 Å². The van der Waals surface area contributed by atoms with Gasteiger partial charge < -0.3 is 10.2 Å². The van der Waals surface area contributed by atoms with Gasteiger partial charge in [0.15, 0.2) is 0 Å². The Morgan fingerprint density at radius 3 is 2.68 bits per heavy atom. The van der Waals surface area contributed by atoms with Crippen LogP contribution in [-0.4, -0.2) is 24.6 Å². The Kier molecular flexibility index (Phi) is 4.09. The van der Waals surface area contributed by atoms with Gasteiger partial charge in [0.1, 0.15) is 11.6 Å². The first-order valence-electron chi connectivity index (χ1n) is 6.94. The van der Waals surface area contributed by atoms with Crippen LogP contribution in [0.2, 0.25) is 0 Å². The Balaban J connectivity index is 2.12. The fraction of sp³-hybridized carbons (Fsp3) is 0.667. The summed E-state index contributed by atoms with van der Waals surface area (Å²) >= 11 is 0. The van der Waals surface area contributed by atoms with E-state index in [0.29, 0.717) is 12.6 Å². The summed E-state index contributed by atoms with van der Waals surface area (Å²) in [6.07, 6.45) is 3.76. The van der Waals surface area contributed by atoms with E-state index in [1.807, 2.05) is 7.05 Å². The van der Waals surface area contributed by atoms with Crippen molar-refractivity contribution in [2.24, 2.45) is 5.41 Å². The van der Waals surface area contributed by atoms with Crippen molar-refractivity contribution in [2.75, 3.05) is 18.5 Å². The molecule has 0 amide bonds. The van der Waals surface area contributed by atoms with E-state index in [-0.39, 0.29) is 11.2 Å². The van der Waals surface area contributed by atoms with Crippen molar-refractivity contribution in [1.29, 1.82) is 0 Å². The highest BCUT2D eigenvalue weighted by molar-refractivity contribution is 5.46. The van der Waals surface area contributed by atoms with Crippen LogP contribution in [0.5, 0.6) is 0 Å². The van der Waals surface area contributed by atoms with Crippen LogP contribution in [0.3, 0.4) is 0 Å². The molecule has 19 heavy (non-hydrogen) atoms. The van der Waals surface area contributed by atoms with Crippen molar-refractivity contribution >= 4 is 5.82 Å². The highest BCUT2D eigenvalue weighted by Crippen LogP contribution is 2.24. The van der Waals surface area contributed by atoms with Crippen LogP contribution >= 0.6 is 0 Å². The molecule has 0 saturated heterocycles. The molecule has 1 fully saturated rings. The second kappa shape index (κ2) is 5.45. The van der Waals surface area contributed by atoms with Gasteiger partial charge in [0.05, 0.1) is 6.20 Å². The largest absolute Gasteiger partial charge is 0.359 e. The monoisotopic (exact) mass is 265 g/mol. The second-order valence-electron chi connectivity index (χ2n) is 6.71. The van der Waals surface area contributed by atoms with Gasteiger partial charge in [0, 0.05) is 31.7 Å². The maximum absolute atomic E-state index is 13.4. The minimum atomic E-state index is -0.263. The summed E-state index contributed by atoms with van der Waals surface area (Å²) in [5.74, 6) is 0.616. The molecule has 0 unspecified atom stereocenters. The summed E-state index contributed by atoms with van der Waals surface area (Å²) in [6.45, 7) is 8.15. The minimum absolute atomic E-state index is 0.187. The van der Waals surface area contributed by atoms with E-state index in [0.717, 1.165) is 17.9 Å². The molecular weight excluding hydrogens is 241 g/mol. The Labute approximate surface area is 115 Å². The molecule has 0 atom stereocenters. The van der Waals surface area contributed by atoms with Crippen LogP contribution in [0, 0.1) is 11.2 Å². The lowest BCUT2D eigenvalue weighted by Gasteiger charge is -2.29. The number of anilines is 1. The molecular formula is C15H24FN3. The molecule has 4 heteroatoms. The normalized spacial score (nSPS) is 15.6. The average molecular weight is 265 g/mol. The van der Waals surface area contributed by atoms with E-state index in [1.165, 1.54) is 19.0 Å². The summed E-state index contributed by atoms with van der Waals surface area (Å²) in [7, 11) is 2.02. The molecule has 106 valence electrons. The number of hydrogen-bond donors (Lipinski definition) is 1. The van der Waals surface area contributed by atoms with Crippen LogP contribution in [0.4, 0.5) is 10.2 Å². The topological polar surface area (TPSA) is 28.2 Å². The highest BCUT2D eigenvalue weighted by atomic mass is 19.1. The Hall–Kier alpha value is -1.16. The number of nitrogens with one attached hydrogen (secondary N) is 1. The average Bonchev–Trinajstić information content (AvgIpc) is 3.07. The highest BCUT2D eigenvalue weighted by Gasteiger charge is 2.22. The number of hydrogen-bond acceptors (Lipinski definition) is 3. The maximum atomic E-state index is 13.4. The lowest BCUT2D eigenvalue weighted by atomic mass is 9.96. The lowest BCUT2D eigenvalue weighted by molar-refractivity contribution is 0.417. The van der Waals surface area contributed by atoms with E-state index < -0.39 is 0 Å². The molecule has 0 bridgehead atoms. The molecule has 0 aromatic carbocycles. The van der Waals surface area contributed by atoms with Gasteiger partial charge in [-0.05, 0) is 24.3 Å². The van der Waals surface area contributed by atoms with E-state index >= 15 is 0 Å². The Morgan fingerprint density at radius 1 is 1.42 bits per heavy atom. The summed E-state index contributed by atoms with van der Waals surface area (Å²) in [6, 6.07) is 2.21. The van der Waals surface area contributed by atoms with Crippen molar-refractivity contribution in [3.8, 4) is 0 Å². The first-order valence-corrected chi connectivity index (χ1v) is 6.94. The third-order valence-electron chi connectivity index (χ3n) is 3.14.